The average molecular weight is 480 g/mol. The van der Waals surface area contributed by atoms with E-state index in [1.165, 1.54) is 56.9 Å². The van der Waals surface area contributed by atoms with Gasteiger partial charge in [0.15, 0.2) is 11.5 Å². The van der Waals surface area contributed by atoms with Gasteiger partial charge in [-0.25, -0.2) is 4.98 Å². The first-order valence-electron chi connectivity index (χ1n) is 13.1. The van der Waals surface area contributed by atoms with E-state index >= 15 is 0 Å². The number of nitrogens with one attached hydrogen (secondary N) is 1. The number of rotatable bonds is 16. The van der Waals surface area contributed by atoms with E-state index in [0.717, 1.165) is 30.7 Å². The first-order chi connectivity index (χ1) is 17.2. The third kappa shape index (κ3) is 7.74. The molecule has 1 aromatic heterocycles. The number of amides is 1. The number of hydrogen-bond donors (Lipinski definition) is 1. The lowest BCUT2D eigenvalue weighted by atomic mass is 10.1. The highest BCUT2D eigenvalue weighted by Crippen LogP contribution is 2.27. The van der Waals surface area contributed by atoms with E-state index in [1.807, 2.05) is 6.07 Å². The van der Waals surface area contributed by atoms with Gasteiger partial charge in [-0.1, -0.05) is 64.0 Å². The van der Waals surface area contributed by atoms with Crippen molar-refractivity contribution in [3.63, 3.8) is 0 Å². The van der Waals surface area contributed by atoms with Gasteiger partial charge in [0.25, 0.3) is 5.91 Å². The Balaban J connectivity index is 1.50. The van der Waals surface area contributed by atoms with Gasteiger partial charge in [0.2, 0.25) is 0 Å². The molecule has 0 fully saturated rings. The maximum atomic E-state index is 12.6. The Morgan fingerprint density at radius 2 is 1.60 bits per heavy atom. The highest BCUT2D eigenvalue weighted by molar-refractivity contribution is 5.94. The lowest BCUT2D eigenvalue weighted by Crippen LogP contribution is -2.25. The molecule has 0 saturated carbocycles. The summed E-state index contributed by atoms with van der Waals surface area (Å²) in [4.78, 5) is 17.5. The SMILES string of the molecule is CCCCCCCCCCn1c(CCCNC(=O)c2ccc(OC)c(OC)c2)nc2ccccc21. The minimum atomic E-state index is -0.113. The molecule has 1 heterocycles. The summed E-state index contributed by atoms with van der Waals surface area (Å²) in [6.45, 7) is 3.86. The van der Waals surface area contributed by atoms with Crippen LogP contribution in [-0.4, -0.2) is 36.2 Å². The number of ether oxygens (including phenoxy) is 2. The standard InChI is InChI=1S/C29H41N3O3/c1-4-5-6-7-8-9-10-13-21-32-25-16-12-11-15-24(25)31-28(32)17-14-20-30-29(33)23-18-19-26(34-2)27(22-23)35-3/h11-12,15-16,18-19,22H,4-10,13-14,17,20-21H2,1-3H3,(H,30,33). The Labute approximate surface area is 210 Å². The van der Waals surface area contributed by atoms with E-state index in [1.54, 1.807) is 32.4 Å². The summed E-state index contributed by atoms with van der Waals surface area (Å²) in [6.07, 6.45) is 12.2. The average Bonchev–Trinajstić information content (AvgIpc) is 3.24. The van der Waals surface area contributed by atoms with Crippen LogP contribution in [0.3, 0.4) is 0 Å². The van der Waals surface area contributed by atoms with Crippen molar-refractivity contribution >= 4 is 16.9 Å². The maximum Gasteiger partial charge on any atom is 0.251 e. The molecule has 0 radical (unpaired) electrons. The highest BCUT2D eigenvalue weighted by Gasteiger charge is 2.12. The first kappa shape index (κ1) is 26.6. The molecule has 6 nitrogen and oxygen atoms in total. The zero-order valence-electron chi connectivity index (χ0n) is 21.6. The van der Waals surface area contributed by atoms with E-state index in [2.05, 4.69) is 35.0 Å². The topological polar surface area (TPSA) is 65.4 Å². The highest BCUT2D eigenvalue weighted by atomic mass is 16.5. The van der Waals surface area contributed by atoms with E-state index in [0.29, 0.717) is 23.6 Å². The summed E-state index contributed by atoms with van der Waals surface area (Å²) >= 11 is 0. The number of imidazole rings is 1. The number of hydrogen-bond acceptors (Lipinski definition) is 4. The largest absolute Gasteiger partial charge is 0.493 e. The minimum Gasteiger partial charge on any atom is -0.493 e. The van der Waals surface area contributed by atoms with Crippen LogP contribution in [0.1, 0.15) is 80.9 Å². The van der Waals surface area contributed by atoms with Crippen molar-refractivity contribution in [2.45, 2.75) is 77.7 Å². The molecule has 35 heavy (non-hydrogen) atoms. The van der Waals surface area contributed by atoms with Crippen LogP contribution in [0.15, 0.2) is 42.5 Å². The number of aryl methyl sites for hydroxylation is 2. The van der Waals surface area contributed by atoms with Crippen LogP contribution in [0.25, 0.3) is 11.0 Å². The molecular weight excluding hydrogens is 438 g/mol. The minimum absolute atomic E-state index is 0.113. The van der Waals surface area contributed by atoms with Gasteiger partial charge in [0.1, 0.15) is 5.82 Å². The molecule has 0 unspecified atom stereocenters. The summed E-state index contributed by atoms with van der Waals surface area (Å²) in [5, 5.41) is 3.02. The van der Waals surface area contributed by atoms with Crippen molar-refractivity contribution in [1.82, 2.24) is 14.9 Å². The molecule has 190 valence electrons. The molecule has 0 bridgehead atoms. The van der Waals surface area contributed by atoms with Crippen LogP contribution < -0.4 is 14.8 Å². The predicted octanol–water partition coefficient (Wildman–Crippen LogP) is 6.56. The number of unbranched alkanes of at least 4 members (excludes halogenated alkanes) is 7. The van der Waals surface area contributed by atoms with Crippen LogP contribution >= 0.6 is 0 Å². The van der Waals surface area contributed by atoms with Crippen molar-refractivity contribution in [1.29, 1.82) is 0 Å². The number of fused-ring (bicyclic) bond motifs is 1. The number of nitrogens with zero attached hydrogens (tertiary/aromatic N) is 2. The van der Waals surface area contributed by atoms with E-state index in [9.17, 15) is 4.79 Å². The Kier molecular flexibility index (Phi) is 10.9. The van der Waals surface area contributed by atoms with Crippen LogP contribution in [0.2, 0.25) is 0 Å². The van der Waals surface area contributed by atoms with Gasteiger partial charge in [0.05, 0.1) is 25.3 Å². The number of carbonyl (C=O) groups is 1. The quantitative estimate of drug-likeness (QED) is 0.236. The molecule has 2 aromatic carbocycles. The van der Waals surface area contributed by atoms with Crippen LogP contribution in [-0.2, 0) is 13.0 Å². The molecule has 0 atom stereocenters. The zero-order valence-corrected chi connectivity index (χ0v) is 21.6. The number of methoxy groups -OCH3 is 2. The van der Waals surface area contributed by atoms with Gasteiger partial charge in [0, 0.05) is 25.1 Å². The lowest BCUT2D eigenvalue weighted by molar-refractivity contribution is 0.0952. The second-order valence-corrected chi connectivity index (χ2v) is 9.07. The molecule has 0 aliphatic heterocycles. The summed E-state index contributed by atoms with van der Waals surface area (Å²) in [7, 11) is 3.15. The number of para-hydroxylation sites is 2. The summed E-state index contributed by atoms with van der Waals surface area (Å²) < 4.78 is 12.9. The van der Waals surface area contributed by atoms with E-state index in [-0.39, 0.29) is 5.91 Å². The van der Waals surface area contributed by atoms with Gasteiger partial charge in [-0.2, -0.15) is 0 Å². The second-order valence-electron chi connectivity index (χ2n) is 9.07. The van der Waals surface area contributed by atoms with Crippen molar-refractivity contribution in [2.24, 2.45) is 0 Å². The molecule has 0 saturated heterocycles. The molecule has 0 spiro atoms. The summed E-state index contributed by atoms with van der Waals surface area (Å²) in [5.41, 5.74) is 2.82. The third-order valence-electron chi connectivity index (χ3n) is 6.48. The molecule has 3 aromatic rings. The molecule has 0 aliphatic rings. The Hall–Kier alpha value is -3.02. The Morgan fingerprint density at radius 1 is 0.886 bits per heavy atom. The Bertz CT molecular complexity index is 1060. The van der Waals surface area contributed by atoms with Crippen molar-refractivity contribution in [3.8, 4) is 11.5 Å². The fraction of sp³-hybridized carbons (Fsp3) is 0.517. The second kappa shape index (κ2) is 14.4. The van der Waals surface area contributed by atoms with E-state index in [4.69, 9.17) is 14.5 Å². The smallest absolute Gasteiger partial charge is 0.251 e. The van der Waals surface area contributed by atoms with Gasteiger partial charge >= 0.3 is 0 Å². The van der Waals surface area contributed by atoms with Gasteiger partial charge in [-0.15, -0.1) is 0 Å². The van der Waals surface area contributed by atoms with Gasteiger partial charge in [-0.05, 0) is 43.2 Å². The number of carbonyl (C=O) groups excluding carboxylic acids is 1. The molecule has 1 N–H and O–H groups in total. The summed E-state index contributed by atoms with van der Waals surface area (Å²) in [6, 6.07) is 13.6. The molecular formula is C29H41N3O3. The Morgan fingerprint density at radius 3 is 2.34 bits per heavy atom. The zero-order chi connectivity index (χ0) is 24.9. The normalized spacial score (nSPS) is 11.1. The third-order valence-corrected chi connectivity index (χ3v) is 6.48. The maximum absolute atomic E-state index is 12.6. The van der Waals surface area contributed by atoms with Crippen LogP contribution in [0, 0.1) is 0 Å². The van der Waals surface area contributed by atoms with Crippen molar-refractivity contribution < 1.29 is 14.3 Å². The molecule has 6 heteroatoms. The monoisotopic (exact) mass is 479 g/mol. The molecule has 0 aliphatic carbocycles. The molecule has 1 amide bonds. The predicted molar refractivity (Wildman–Crippen MR) is 143 cm³/mol. The van der Waals surface area contributed by atoms with E-state index < -0.39 is 0 Å². The first-order valence-corrected chi connectivity index (χ1v) is 13.1. The lowest BCUT2D eigenvalue weighted by Gasteiger charge is -2.11. The summed E-state index contributed by atoms with van der Waals surface area (Å²) in [5.74, 6) is 2.15. The molecule has 3 rings (SSSR count). The number of aromatic nitrogens is 2. The van der Waals surface area contributed by atoms with Crippen LogP contribution in [0.4, 0.5) is 0 Å². The van der Waals surface area contributed by atoms with Crippen molar-refractivity contribution in [3.05, 3.63) is 53.9 Å². The van der Waals surface area contributed by atoms with Gasteiger partial charge < -0.3 is 19.4 Å². The van der Waals surface area contributed by atoms with Crippen molar-refractivity contribution in [2.75, 3.05) is 20.8 Å². The van der Waals surface area contributed by atoms with Crippen LogP contribution in [0.5, 0.6) is 11.5 Å². The fourth-order valence-electron chi connectivity index (χ4n) is 4.50. The number of benzene rings is 2. The fourth-order valence-corrected chi connectivity index (χ4v) is 4.50. The van der Waals surface area contributed by atoms with Gasteiger partial charge in [-0.3, -0.25) is 4.79 Å².